The fourth-order valence-corrected chi connectivity index (χ4v) is 3.66. The van der Waals surface area contributed by atoms with Crippen LogP contribution in [0, 0.1) is 25.5 Å². The van der Waals surface area contributed by atoms with E-state index in [1.165, 1.54) is 17.7 Å². The van der Waals surface area contributed by atoms with Crippen LogP contribution in [-0.2, 0) is 7.05 Å². The average molecular weight is 366 g/mol. The lowest BCUT2D eigenvalue weighted by Gasteiger charge is -2.10. The second-order valence-electron chi connectivity index (χ2n) is 7.56. The summed E-state index contributed by atoms with van der Waals surface area (Å²) >= 11 is 0. The van der Waals surface area contributed by atoms with E-state index in [0.717, 1.165) is 16.8 Å². The molecule has 2 aromatic heterocycles. The van der Waals surface area contributed by atoms with Gasteiger partial charge in [0.15, 0.2) is 11.8 Å². The van der Waals surface area contributed by atoms with E-state index in [2.05, 4.69) is 26.0 Å². The molecule has 0 N–H and O–H groups in total. The van der Waals surface area contributed by atoms with Crippen LogP contribution in [0.4, 0.5) is 8.78 Å². The predicted octanol–water partition coefficient (Wildman–Crippen LogP) is 6.10. The first-order chi connectivity index (χ1) is 12.8. The van der Waals surface area contributed by atoms with Gasteiger partial charge in [-0.1, -0.05) is 13.8 Å². The lowest BCUT2D eigenvalue weighted by molar-refractivity contribution is -0.660. The van der Waals surface area contributed by atoms with Crippen molar-refractivity contribution in [3.05, 3.63) is 64.9 Å². The quantitative estimate of drug-likeness (QED) is 0.392. The third-order valence-electron chi connectivity index (χ3n) is 5.27. The van der Waals surface area contributed by atoms with Crippen LogP contribution in [0.1, 0.15) is 36.5 Å². The minimum Gasteiger partial charge on any atom is -0.455 e. The lowest BCUT2D eigenvalue weighted by atomic mass is 9.96. The first-order valence-electron chi connectivity index (χ1n) is 9.09. The highest BCUT2D eigenvalue weighted by atomic mass is 19.1. The van der Waals surface area contributed by atoms with E-state index in [1.807, 2.05) is 24.7 Å². The van der Waals surface area contributed by atoms with Gasteiger partial charge in [-0.25, -0.2) is 13.3 Å². The molecular formula is C23H22F2NO+. The predicted molar refractivity (Wildman–Crippen MR) is 104 cm³/mol. The second kappa shape index (κ2) is 6.15. The number of aromatic nitrogens is 1. The molecule has 0 unspecified atom stereocenters. The standard InChI is InChI=1S/C23H22F2NO/c1-12(2)15-6-7-26(5)19(10-15)21-14(4)9-18(25)22-16-8-13(3)17(24)11-20(16)27-23(21)22/h6-12H,1-5H3/q+1. The smallest absolute Gasteiger partial charge is 0.216 e. The third kappa shape index (κ3) is 2.71. The van der Waals surface area contributed by atoms with E-state index in [1.54, 1.807) is 13.0 Å². The first kappa shape index (κ1) is 17.7. The van der Waals surface area contributed by atoms with Crippen molar-refractivity contribution in [3.8, 4) is 11.3 Å². The first-order valence-corrected chi connectivity index (χ1v) is 9.09. The summed E-state index contributed by atoms with van der Waals surface area (Å²) in [4.78, 5) is 0. The maximum absolute atomic E-state index is 14.9. The van der Waals surface area contributed by atoms with E-state index in [-0.39, 0.29) is 11.6 Å². The summed E-state index contributed by atoms with van der Waals surface area (Å²) in [6, 6.07) is 8.73. The number of halogens is 2. The molecule has 0 saturated heterocycles. The van der Waals surface area contributed by atoms with Gasteiger partial charge in [-0.3, -0.25) is 0 Å². The Bertz CT molecular complexity index is 1200. The summed E-state index contributed by atoms with van der Waals surface area (Å²) in [6.07, 6.45) is 2.01. The van der Waals surface area contributed by atoms with Crippen molar-refractivity contribution in [3.63, 3.8) is 0 Å². The zero-order chi connectivity index (χ0) is 19.5. The molecule has 0 saturated carbocycles. The molecule has 0 bridgehead atoms. The summed E-state index contributed by atoms with van der Waals surface area (Å²) in [7, 11) is 1.96. The fraction of sp³-hybridized carbons (Fsp3) is 0.261. The monoisotopic (exact) mass is 366 g/mol. The molecule has 0 atom stereocenters. The van der Waals surface area contributed by atoms with Gasteiger partial charge in [-0.2, -0.15) is 0 Å². The normalized spacial score (nSPS) is 11.9. The minimum atomic E-state index is -0.354. The molecule has 4 aromatic rings. The van der Waals surface area contributed by atoms with Crippen LogP contribution >= 0.6 is 0 Å². The Kier molecular flexibility index (Phi) is 4.02. The number of pyridine rings is 1. The molecule has 0 spiro atoms. The van der Waals surface area contributed by atoms with Gasteiger partial charge in [0.1, 0.15) is 24.3 Å². The molecule has 2 nitrogen and oxygen atoms in total. The van der Waals surface area contributed by atoms with E-state index < -0.39 is 0 Å². The fourth-order valence-electron chi connectivity index (χ4n) is 3.66. The molecule has 0 aliphatic heterocycles. The Morgan fingerprint density at radius 1 is 0.963 bits per heavy atom. The Morgan fingerprint density at radius 3 is 2.41 bits per heavy atom. The number of nitrogens with zero attached hydrogens (tertiary/aromatic N) is 1. The van der Waals surface area contributed by atoms with E-state index in [4.69, 9.17) is 4.42 Å². The number of aryl methyl sites for hydroxylation is 3. The molecule has 27 heavy (non-hydrogen) atoms. The van der Waals surface area contributed by atoms with Gasteiger partial charge < -0.3 is 4.42 Å². The van der Waals surface area contributed by atoms with Crippen LogP contribution in [0.5, 0.6) is 0 Å². The average Bonchev–Trinajstić information content (AvgIpc) is 2.94. The molecule has 2 aromatic carbocycles. The zero-order valence-electron chi connectivity index (χ0n) is 16.2. The van der Waals surface area contributed by atoms with Gasteiger partial charge in [0, 0.05) is 23.6 Å². The van der Waals surface area contributed by atoms with Crippen molar-refractivity contribution in [2.24, 2.45) is 7.05 Å². The molecule has 4 heteroatoms. The Labute approximate surface area is 157 Å². The zero-order valence-corrected chi connectivity index (χ0v) is 16.2. The van der Waals surface area contributed by atoms with Crippen molar-refractivity contribution in [2.45, 2.75) is 33.6 Å². The number of hydrogen-bond donors (Lipinski definition) is 0. The summed E-state index contributed by atoms with van der Waals surface area (Å²) in [5.41, 5.74) is 5.06. The molecule has 4 rings (SSSR count). The Morgan fingerprint density at radius 2 is 1.70 bits per heavy atom. The molecule has 0 aliphatic carbocycles. The second-order valence-corrected chi connectivity index (χ2v) is 7.56. The highest BCUT2D eigenvalue weighted by Crippen LogP contribution is 2.39. The van der Waals surface area contributed by atoms with Gasteiger partial charge >= 0.3 is 0 Å². The van der Waals surface area contributed by atoms with Crippen LogP contribution < -0.4 is 4.57 Å². The highest BCUT2D eigenvalue weighted by Gasteiger charge is 2.24. The van der Waals surface area contributed by atoms with Crippen molar-refractivity contribution in [1.29, 1.82) is 0 Å². The molecule has 0 radical (unpaired) electrons. The van der Waals surface area contributed by atoms with Crippen LogP contribution in [0.15, 0.2) is 40.9 Å². The SMILES string of the molecule is Cc1cc2c(cc1F)oc1c(-c3cc(C(C)C)cc[n+]3C)c(C)cc(F)c12. The van der Waals surface area contributed by atoms with Gasteiger partial charge in [0.25, 0.3) is 0 Å². The minimum absolute atomic E-state index is 0.348. The number of fused-ring (bicyclic) bond motifs is 3. The van der Waals surface area contributed by atoms with E-state index in [9.17, 15) is 8.78 Å². The van der Waals surface area contributed by atoms with Crippen molar-refractivity contribution in [1.82, 2.24) is 0 Å². The van der Waals surface area contributed by atoms with E-state index >= 15 is 0 Å². The summed E-state index contributed by atoms with van der Waals surface area (Å²) in [5, 5.41) is 1.01. The number of hydrogen-bond acceptors (Lipinski definition) is 1. The molecule has 0 aliphatic rings. The molecule has 2 heterocycles. The van der Waals surface area contributed by atoms with Crippen LogP contribution in [-0.4, -0.2) is 0 Å². The third-order valence-corrected chi connectivity index (χ3v) is 5.27. The highest BCUT2D eigenvalue weighted by molar-refractivity contribution is 6.10. The van der Waals surface area contributed by atoms with Crippen LogP contribution in [0.2, 0.25) is 0 Å². The maximum atomic E-state index is 14.9. The van der Waals surface area contributed by atoms with Crippen molar-refractivity contribution >= 4 is 21.9 Å². The van der Waals surface area contributed by atoms with E-state index in [0.29, 0.717) is 33.4 Å². The van der Waals surface area contributed by atoms with Crippen LogP contribution in [0.25, 0.3) is 33.2 Å². The van der Waals surface area contributed by atoms with Gasteiger partial charge in [0.05, 0.1) is 10.9 Å². The Hall–Kier alpha value is -2.75. The van der Waals surface area contributed by atoms with Gasteiger partial charge in [0.2, 0.25) is 5.69 Å². The number of benzene rings is 2. The molecular weight excluding hydrogens is 344 g/mol. The maximum Gasteiger partial charge on any atom is 0.216 e. The summed E-state index contributed by atoms with van der Waals surface area (Å²) < 4.78 is 36.9. The van der Waals surface area contributed by atoms with Crippen molar-refractivity contribution in [2.75, 3.05) is 0 Å². The van der Waals surface area contributed by atoms with Gasteiger partial charge in [-0.15, -0.1) is 0 Å². The topological polar surface area (TPSA) is 17.0 Å². The molecule has 0 amide bonds. The van der Waals surface area contributed by atoms with Crippen LogP contribution in [0.3, 0.4) is 0 Å². The molecule has 0 fully saturated rings. The van der Waals surface area contributed by atoms with Gasteiger partial charge in [-0.05, 0) is 48.6 Å². The number of rotatable bonds is 2. The lowest BCUT2D eigenvalue weighted by Crippen LogP contribution is -2.31. The number of furan rings is 1. The summed E-state index contributed by atoms with van der Waals surface area (Å²) in [6.45, 7) is 7.82. The largest absolute Gasteiger partial charge is 0.455 e. The van der Waals surface area contributed by atoms with Crippen molar-refractivity contribution < 1.29 is 17.8 Å². The molecule has 138 valence electrons. The summed E-state index contributed by atoms with van der Waals surface area (Å²) in [5.74, 6) is -0.333. The Balaban J connectivity index is 2.15.